The quantitative estimate of drug-likeness (QED) is 0.531. The number of nitrogens with zero attached hydrogens (tertiary/aromatic N) is 5. The number of pyridine rings is 1. The van der Waals surface area contributed by atoms with Gasteiger partial charge in [-0.1, -0.05) is 6.07 Å². The van der Waals surface area contributed by atoms with Crippen LogP contribution in [0.3, 0.4) is 0 Å². The van der Waals surface area contributed by atoms with Crippen molar-refractivity contribution in [3.05, 3.63) is 65.1 Å². The molecule has 28 heavy (non-hydrogen) atoms. The van der Waals surface area contributed by atoms with Crippen molar-refractivity contribution in [2.24, 2.45) is 7.05 Å². The van der Waals surface area contributed by atoms with Crippen LogP contribution < -0.4 is 4.74 Å². The van der Waals surface area contributed by atoms with Crippen molar-refractivity contribution in [1.82, 2.24) is 24.4 Å². The number of methoxy groups -OCH3 is 1. The van der Waals surface area contributed by atoms with Gasteiger partial charge in [0.05, 0.1) is 12.8 Å². The van der Waals surface area contributed by atoms with Crippen molar-refractivity contribution < 1.29 is 9.13 Å². The molecular formula is C21H22FN5O. The predicted molar refractivity (Wildman–Crippen MR) is 105 cm³/mol. The third-order valence-corrected chi connectivity index (χ3v) is 5.25. The fraction of sp³-hybridized carbons (Fsp3) is 0.286. The molecule has 3 heterocycles. The van der Waals surface area contributed by atoms with E-state index in [0.717, 1.165) is 33.9 Å². The summed E-state index contributed by atoms with van der Waals surface area (Å²) in [4.78, 5) is 0. The van der Waals surface area contributed by atoms with Gasteiger partial charge in [-0.3, -0.25) is 9.08 Å². The Bertz CT molecular complexity index is 1160. The number of hydrogen-bond acceptors (Lipinski definition) is 4. The van der Waals surface area contributed by atoms with Crippen LogP contribution in [0.25, 0.3) is 16.8 Å². The largest absolute Gasteiger partial charge is 0.496 e. The molecule has 0 fully saturated rings. The third kappa shape index (κ3) is 2.93. The van der Waals surface area contributed by atoms with Crippen LogP contribution in [0.4, 0.5) is 4.39 Å². The van der Waals surface area contributed by atoms with Gasteiger partial charge in [-0.25, -0.2) is 4.39 Å². The Morgan fingerprint density at radius 1 is 1.11 bits per heavy atom. The molecule has 7 heteroatoms. The number of benzene rings is 1. The molecule has 0 N–H and O–H groups in total. The highest BCUT2D eigenvalue weighted by Crippen LogP contribution is 2.30. The summed E-state index contributed by atoms with van der Waals surface area (Å²) in [5.41, 5.74) is 6.45. The second-order valence-electron chi connectivity index (χ2n) is 6.85. The molecule has 0 aliphatic heterocycles. The first-order valence-electron chi connectivity index (χ1n) is 9.14. The van der Waals surface area contributed by atoms with Gasteiger partial charge in [0.25, 0.3) is 0 Å². The molecular weight excluding hydrogens is 357 g/mol. The molecule has 0 unspecified atom stereocenters. The van der Waals surface area contributed by atoms with Crippen LogP contribution in [-0.2, 0) is 19.9 Å². The first-order chi connectivity index (χ1) is 13.5. The summed E-state index contributed by atoms with van der Waals surface area (Å²) >= 11 is 0. The van der Waals surface area contributed by atoms with Crippen molar-refractivity contribution in [3.8, 4) is 16.9 Å². The van der Waals surface area contributed by atoms with E-state index < -0.39 is 0 Å². The fourth-order valence-electron chi connectivity index (χ4n) is 3.75. The molecule has 3 aromatic heterocycles. The lowest BCUT2D eigenvalue weighted by molar-refractivity contribution is 0.404. The van der Waals surface area contributed by atoms with Crippen molar-refractivity contribution in [2.45, 2.75) is 26.7 Å². The topological polar surface area (TPSA) is 57.2 Å². The van der Waals surface area contributed by atoms with E-state index in [2.05, 4.69) is 21.4 Å². The van der Waals surface area contributed by atoms with Crippen LogP contribution in [0.15, 0.2) is 36.7 Å². The number of fused-ring (bicyclic) bond motifs is 1. The van der Waals surface area contributed by atoms with Gasteiger partial charge in [0.15, 0.2) is 5.65 Å². The average molecular weight is 379 g/mol. The van der Waals surface area contributed by atoms with Crippen LogP contribution in [-0.4, -0.2) is 31.5 Å². The van der Waals surface area contributed by atoms with Crippen LogP contribution in [0.5, 0.6) is 5.75 Å². The summed E-state index contributed by atoms with van der Waals surface area (Å²) < 4.78 is 23.4. The maximum Gasteiger partial charge on any atom is 0.168 e. The second kappa shape index (κ2) is 7.07. The normalized spacial score (nSPS) is 11.3. The lowest BCUT2D eigenvalue weighted by Crippen LogP contribution is -2.03. The summed E-state index contributed by atoms with van der Waals surface area (Å²) in [6.45, 7) is 4.04. The standard InChI is InChI=1S/C21H22FN5O/c1-13-20(14(2)26(3)25-13)17-11-9-15(27-12-23-24-21(17)27)8-10-16-18(22)6-5-7-19(16)28-4/h5-7,9,11-12H,8,10H2,1-4H3. The highest BCUT2D eigenvalue weighted by Gasteiger charge is 2.18. The van der Waals surface area contributed by atoms with E-state index in [1.165, 1.54) is 6.07 Å². The SMILES string of the molecule is COc1cccc(F)c1CCc1ccc(-c2c(C)nn(C)c2C)c2nncn12. The zero-order valence-electron chi connectivity index (χ0n) is 16.4. The number of aryl methyl sites for hydroxylation is 3. The molecule has 0 aliphatic rings. The van der Waals surface area contributed by atoms with E-state index in [4.69, 9.17) is 4.74 Å². The van der Waals surface area contributed by atoms with Crippen molar-refractivity contribution in [1.29, 1.82) is 0 Å². The molecule has 0 saturated carbocycles. The zero-order valence-corrected chi connectivity index (χ0v) is 16.4. The molecule has 4 aromatic rings. The van der Waals surface area contributed by atoms with Gasteiger partial charge >= 0.3 is 0 Å². The Morgan fingerprint density at radius 3 is 2.64 bits per heavy atom. The smallest absolute Gasteiger partial charge is 0.168 e. The van der Waals surface area contributed by atoms with Gasteiger partial charge < -0.3 is 4.74 Å². The minimum atomic E-state index is -0.252. The van der Waals surface area contributed by atoms with E-state index in [1.54, 1.807) is 25.6 Å². The molecule has 1 aromatic carbocycles. The second-order valence-corrected chi connectivity index (χ2v) is 6.85. The maximum absolute atomic E-state index is 14.2. The average Bonchev–Trinajstić information content (AvgIpc) is 3.26. The van der Waals surface area contributed by atoms with E-state index >= 15 is 0 Å². The van der Waals surface area contributed by atoms with Crippen LogP contribution in [0, 0.1) is 19.7 Å². The van der Waals surface area contributed by atoms with E-state index in [1.807, 2.05) is 36.0 Å². The van der Waals surface area contributed by atoms with Crippen molar-refractivity contribution in [2.75, 3.05) is 7.11 Å². The number of halogens is 1. The minimum Gasteiger partial charge on any atom is -0.496 e. The Morgan fingerprint density at radius 2 is 1.93 bits per heavy atom. The zero-order chi connectivity index (χ0) is 19.8. The number of ether oxygens (including phenoxy) is 1. The molecule has 0 saturated heterocycles. The molecule has 0 amide bonds. The Balaban J connectivity index is 1.73. The molecule has 6 nitrogen and oxygen atoms in total. The molecule has 0 spiro atoms. The Hall–Kier alpha value is -3.22. The first-order valence-corrected chi connectivity index (χ1v) is 9.14. The third-order valence-electron chi connectivity index (χ3n) is 5.25. The lowest BCUT2D eigenvalue weighted by atomic mass is 10.0. The van der Waals surface area contributed by atoms with Gasteiger partial charge in [-0.15, -0.1) is 10.2 Å². The molecule has 0 radical (unpaired) electrons. The number of hydrogen-bond donors (Lipinski definition) is 0. The first kappa shape index (κ1) is 18.2. The fourth-order valence-corrected chi connectivity index (χ4v) is 3.75. The monoisotopic (exact) mass is 379 g/mol. The summed E-state index contributed by atoms with van der Waals surface area (Å²) in [5, 5.41) is 12.9. The van der Waals surface area contributed by atoms with E-state index in [9.17, 15) is 4.39 Å². The maximum atomic E-state index is 14.2. The van der Waals surface area contributed by atoms with Crippen molar-refractivity contribution >= 4 is 5.65 Å². The van der Waals surface area contributed by atoms with Gasteiger partial charge in [-0.05, 0) is 51.0 Å². The van der Waals surface area contributed by atoms with E-state index in [0.29, 0.717) is 24.2 Å². The molecule has 0 atom stereocenters. The number of rotatable bonds is 5. The summed E-state index contributed by atoms with van der Waals surface area (Å²) in [7, 11) is 3.49. The highest BCUT2D eigenvalue weighted by molar-refractivity contribution is 5.80. The lowest BCUT2D eigenvalue weighted by Gasteiger charge is -2.12. The van der Waals surface area contributed by atoms with Crippen LogP contribution in [0.2, 0.25) is 0 Å². The summed E-state index contributed by atoms with van der Waals surface area (Å²) in [5.74, 6) is 0.316. The van der Waals surface area contributed by atoms with Gasteiger partial charge in [0, 0.05) is 35.1 Å². The highest BCUT2D eigenvalue weighted by atomic mass is 19.1. The summed E-state index contributed by atoms with van der Waals surface area (Å²) in [6, 6.07) is 9.00. The Kier molecular flexibility index (Phi) is 4.58. The molecule has 0 aliphatic carbocycles. The van der Waals surface area contributed by atoms with Crippen LogP contribution in [0.1, 0.15) is 22.6 Å². The Labute approximate surface area is 162 Å². The minimum absolute atomic E-state index is 0.252. The number of aromatic nitrogens is 5. The molecule has 144 valence electrons. The molecule has 4 rings (SSSR count). The van der Waals surface area contributed by atoms with E-state index in [-0.39, 0.29) is 5.82 Å². The summed E-state index contributed by atoms with van der Waals surface area (Å²) in [6.07, 6.45) is 2.86. The van der Waals surface area contributed by atoms with Crippen molar-refractivity contribution in [3.63, 3.8) is 0 Å². The van der Waals surface area contributed by atoms with Gasteiger partial charge in [0.1, 0.15) is 17.9 Å². The van der Waals surface area contributed by atoms with Gasteiger partial charge in [0.2, 0.25) is 0 Å². The van der Waals surface area contributed by atoms with Crippen LogP contribution >= 0.6 is 0 Å². The molecule has 0 bridgehead atoms. The predicted octanol–water partition coefficient (Wildman–Crippen LogP) is 3.68. The van der Waals surface area contributed by atoms with Gasteiger partial charge in [-0.2, -0.15) is 5.10 Å².